The quantitative estimate of drug-likeness (QED) is 0.332. The Labute approximate surface area is 308 Å². The van der Waals surface area contributed by atoms with Crippen LogP contribution in [0, 0.1) is 0 Å². The van der Waals surface area contributed by atoms with Gasteiger partial charge in [-0.15, -0.1) is 0 Å². The first kappa shape index (κ1) is 41.7. The molecule has 0 N–H and O–H groups in total. The Morgan fingerprint density at radius 3 is 0.750 bits per heavy atom. The van der Waals surface area contributed by atoms with E-state index in [-0.39, 0.29) is 0 Å². The zero-order valence-electron chi connectivity index (χ0n) is 30.6. The summed E-state index contributed by atoms with van der Waals surface area (Å²) in [5, 5.41) is 8.58. The molecule has 0 radical (unpaired) electrons. The van der Waals surface area contributed by atoms with Crippen LogP contribution in [0.3, 0.4) is 0 Å². The molecule has 0 amide bonds. The molecule has 0 aliphatic carbocycles. The third-order valence-electron chi connectivity index (χ3n) is 7.99. The Morgan fingerprint density at radius 2 is 0.519 bits per heavy atom. The first-order valence-electron chi connectivity index (χ1n) is 18.4. The van der Waals surface area contributed by atoms with Gasteiger partial charge in [-0.1, -0.05) is 24.3 Å². The third-order valence-corrected chi connectivity index (χ3v) is 7.99. The Morgan fingerprint density at radius 1 is 0.308 bits per heavy atom. The summed E-state index contributed by atoms with van der Waals surface area (Å²) in [6, 6.07) is 16.5. The number of rotatable bonds is 5. The predicted octanol–water partition coefficient (Wildman–Crippen LogP) is 2.95. The molecule has 52 heavy (non-hydrogen) atoms. The molecule has 2 saturated heterocycles. The molecule has 2 aromatic rings. The molecule has 0 bridgehead atoms. The Bertz CT molecular complexity index is 1080. The fourth-order valence-corrected chi connectivity index (χ4v) is 5.14. The summed E-state index contributed by atoms with van der Waals surface area (Å²) in [4.78, 5) is 4.51. The Balaban J connectivity index is 1.24. The van der Waals surface area contributed by atoms with Crippen molar-refractivity contribution in [3.8, 4) is 0 Å². The summed E-state index contributed by atoms with van der Waals surface area (Å²) in [5.41, 5.74) is 4.09. The van der Waals surface area contributed by atoms with Gasteiger partial charge in [-0.25, -0.2) is 0 Å². The lowest BCUT2D eigenvalue weighted by atomic mass is 10.2. The van der Waals surface area contributed by atoms with Crippen LogP contribution in [0.15, 0.2) is 58.7 Å². The SMILES string of the molecule is C(=N\N=C\c1ccc(N2CCOCCOCCOCCOCCOCC2)cc1)/c1ccc(N2CCOCCOCCOCCOCCOCC2)cc1. The lowest BCUT2D eigenvalue weighted by Crippen LogP contribution is -2.31. The number of ether oxygens (including phenoxy) is 10. The molecular weight excluding hydrogens is 672 g/mol. The summed E-state index contributed by atoms with van der Waals surface area (Å²) in [6.45, 7) is 14.0. The van der Waals surface area contributed by atoms with Crippen molar-refractivity contribution in [2.24, 2.45) is 10.2 Å². The van der Waals surface area contributed by atoms with Gasteiger partial charge in [-0.05, 0) is 35.4 Å². The van der Waals surface area contributed by atoms with Crippen molar-refractivity contribution in [2.45, 2.75) is 0 Å². The maximum absolute atomic E-state index is 5.81. The van der Waals surface area contributed by atoms with Crippen LogP contribution < -0.4 is 9.80 Å². The van der Waals surface area contributed by atoms with Crippen molar-refractivity contribution in [1.29, 1.82) is 0 Å². The Hall–Kier alpha value is -3.02. The number of nitrogens with zero attached hydrogens (tertiary/aromatic N) is 4. The van der Waals surface area contributed by atoms with Gasteiger partial charge in [-0.2, -0.15) is 10.2 Å². The number of hydrogen-bond donors (Lipinski definition) is 0. The average molecular weight is 731 g/mol. The van der Waals surface area contributed by atoms with Crippen LogP contribution in [0.4, 0.5) is 11.4 Å². The minimum absolute atomic E-state index is 0.542. The lowest BCUT2D eigenvalue weighted by Gasteiger charge is -2.25. The van der Waals surface area contributed by atoms with Gasteiger partial charge in [0.25, 0.3) is 0 Å². The summed E-state index contributed by atoms with van der Waals surface area (Å²) >= 11 is 0. The monoisotopic (exact) mass is 730 g/mol. The molecule has 2 aliphatic heterocycles. The maximum Gasteiger partial charge on any atom is 0.0701 e. The molecule has 290 valence electrons. The highest BCUT2D eigenvalue weighted by Crippen LogP contribution is 2.16. The van der Waals surface area contributed by atoms with E-state index in [4.69, 9.17) is 47.4 Å². The largest absolute Gasteiger partial charge is 0.377 e. The van der Waals surface area contributed by atoms with E-state index in [9.17, 15) is 0 Å². The van der Waals surface area contributed by atoms with Crippen LogP contribution in [-0.4, -0.2) is 171 Å². The minimum Gasteiger partial charge on any atom is -0.377 e. The molecule has 0 saturated carbocycles. The highest BCUT2D eigenvalue weighted by molar-refractivity contribution is 5.83. The molecule has 4 rings (SSSR count). The molecule has 14 heteroatoms. The normalized spacial score (nSPS) is 20.9. The van der Waals surface area contributed by atoms with E-state index in [1.54, 1.807) is 12.4 Å². The van der Waals surface area contributed by atoms with Crippen LogP contribution in [0.1, 0.15) is 11.1 Å². The van der Waals surface area contributed by atoms with E-state index in [2.05, 4.69) is 44.3 Å². The van der Waals surface area contributed by atoms with Gasteiger partial charge in [0.05, 0.1) is 145 Å². The van der Waals surface area contributed by atoms with E-state index in [0.29, 0.717) is 132 Å². The van der Waals surface area contributed by atoms with Gasteiger partial charge >= 0.3 is 0 Å². The molecule has 14 nitrogen and oxygen atoms in total. The average Bonchev–Trinajstić information content (AvgIpc) is 3.17. The molecule has 0 unspecified atom stereocenters. The van der Waals surface area contributed by atoms with Crippen molar-refractivity contribution in [3.63, 3.8) is 0 Å². The predicted molar refractivity (Wildman–Crippen MR) is 201 cm³/mol. The second-order valence-electron chi connectivity index (χ2n) is 11.8. The minimum atomic E-state index is 0.542. The molecule has 2 aliphatic rings. The van der Waals surface area contributed by atoms with Gasteiger partial charge in [0.1, 0.15) is 0 Å². The van der Waals surface area contributed by atoms with Crippen molar-refractivity contribution >= 4 is 23.8 Å². The van der Waals surface area contributed by atoms with E-state index in [0.717, 1.165) is 48.7 Å². The van der Waals surface area contributed by atoms with Gasteiger partial charge in [0, 0.05) is 37.6 Å². The molecule has 2 aromatic carbocycles. The topological polar surface area (TPSA) is 124 Å². The summed E-state index contributed by atoms with van der Waals surface area (Å²) in [7, 11) is 0. The van der Waals surface area contributed by atoms with Crippen molar-refractivity contribution < 1.29 is 47.4 Å². The summed E-state index contributed by atoms with van der Waals surface area (Å²) < 4.78 is 56.5. The van der Waals surface area contributed by atoms with Crippen molar-refractivity contribution in [2.75, 3.05) is 168 Å². The second kappa shape index (κ2) is 28.5. The molecule has 0 spiro atoms. The molecular formula is C38H58N4O10. The van der Waals surface area contributed by atoms with E-state index in [1.807, 2.05) is 24.3 Å². The first-order valence-corrected chi connectivity index (χ1v) is 18.4. The van der Waals surface area contributed by atoms with Gasteiger partial charge in [0.2, 0.25) is 0 Å². The number of anilines is 2. The van der Waals surface area contributed by atoms with Gasteiger partial charge < -0.3 is 57.2 Å². The maximum atomic E-state index is 5.81. The molecule has 0 atom stereocenters. The van der Waals surface area contributed by atoms with Crippen molar-refractivity contribution in [3.05, 3.63) is 59.7 Å². The Kier molecular flexibility index (Phi) is 22.9. The zero-order valence-corrected chi connectivity index (χ0v) is 30.6. The second-order valence-corrected chi connectivity index (χ2v) is 11.8. The van der Waals surface area contributed by atoms with Crippen LogP contribution in [0.5, 0.6) is 0 Å². The summed E-state index contributed by atoms with van der Waals surface area (Å²) in [6.07, 6.45) is 3.51. The number of benzene rings is 2. The van der Waals surface area contributed by atoms with Crippen LogP contribution in [-0.2, 0) is 47.4 Å². The fraction of sp³-hybridized carbons (Fsp3) is 0.632. The fourth-order valence-electron chi connectivity index (χ4n) is 5.14. The van der Waals surface area contributed by atoms with Crippen LogP contribution in [0.25, 0.3) is 0 Å². The van der Waals surface area contributed by atoms with E-state index in [1.165, 1.54) is 0 Å². The standard InChI is InChI=1S/C38H58N4O10/c1-5-37(41-9-13-43-17-21-47-25-29-51-30-26-48-22-18-44-14-10-41)6-2-35(1)33-39-40-34-36-3-7-38(8-4-36)42-11-15-45-19-23-49-27-31-52-32-28-50-24-20-46-16-12-42/h1-8,33-34H,9-32H2/b39-33+,40-34+. The highest BCUT2D eigenvalue weighted by Gasteiger charge is 2.09. The molecule has 0 aromatic heterocycles. The van der Waals surface area contributed by atoms with Crippen molar-refractivity contribution in [1.82, 2.24) is 0 Å². The molecule has 2 heterocycles. The van der Waals surface area contributed by atoms with E-state index >= 15 is 0 Å². The number of hydrogen-bond acceptors (Lipinski definition) is 14. The highest BCUT2D eigenvalue weighted by atomic mass is 16.6. The zero-order chi connectivity index (χ0) is 36.0. The smallest absolute Gasteiger partial charge is 0.0701 e. The third kappa shape index (κ3) is 19.2. The van der Waals surface area contributed by atoms with Crippen LogP contribution in [0.2, 0.25) is 0 Å². The van der Waals surface area contributed by atoms with Crippen LogP contribution >= 0.6 is 0 Å². The van der Waals surface area contributed by atoms with Gasteiger partial charge in [-0.3, -0.25) is 0 Å². The first-order chi connectivity index (χ1) is 25.9. The van der Waals surface area contributed by atoms with E-state index < -0.39 is 0 Å². The lowest BCUT2D eigenvalue weighted by molar-refractivity contribution is -0.0116. The molecule has 2 fully saturated rings. The van der Waals surface area contributed by atoms with Gasteiger partial charge in [0.15, 0.2) is 0 Å². The summed E-state index contributed by atoms with van der Waals surface area (Å²) in [5.74, 6) is 0.